The van der Waals surface area contributed by atoms with Crippen molar-refractivity contribution in [2.45, 2.75) is 18.4 Å². The molecule has 2 heterocycles. The first kappa shape index (κ1) is 16.7. The van der Waals surface area contributed by atoms with E-state index in [0.717, 1.165) is 0 Å². The van der Waals surface area contributed by atoms with E-state index < -0.39 is 16.5 Å². The lowest BCUT2D eigenvalue weighted by molar-refractivity contribution is -0.384. The number of likely N-dealkylation sites (tertiary alicyclic amines) is 1. The second-order valence-electron chi connectivity index (χ2n) is 5.91. The van der Waals surface area contributed by atoms with Crippen LogP contribution >= 0.6 is 0 Å². The smallest absolute Gasteiger partial charge is 0.322 e. The number of nitrogens with one attached hydrogen (secondary N) is 2. The summed E-state index contributed by atoms with van der Waals surface area (Å²) in [6.45, 7) is 0.454. The monoisotopic (exact) mass is 348 g/mol. The molecule has 2 aliphatic rings. The second kappa shape index (κ2) is 6.38. The molecule has 10 nitrogen and oxygen atoms in total. The normalized spacial score (nSPS) is 18.6. The zero-order valence-electron chi connectivity index (χ0n) is 13.2. The standard InChI is InChI=1S/C15H16N4O6/c20-12(9-25-11-3-1-10(2-4-11)19(23)24)18-7-5-15(6-8-18)13(21)16-14(22)17-15/h1-4H,5-9H2,(H2,16,17,21,22). The maximum atomic E-state index is 12.2. The molecule has 0 aromatic heterocycles. The summed E-state index contributed by atoms with van der Waals surface area (Å²) in [5.41, 5.74) is -0.982. The highest BCUT2D eigenvalue weighted by Gasteiger charge is 2.48. The van der Waals surface area contributed by atoms with Gasteiger partial charge < -0.3 is 15.0 Å². The molecule has 25 heavy (non-hydrogen) atoms. The van der Waals surface area contributed by atoms with Gasteiger partial charge in [0.15, 0.2) is 6.61 Å². The molecular weight excluding hydrogens is 332 g/mol. The minimum Gasteiger partial charge on any atom is -0.484 e. The zero-order chi connectivity index (χ0) is 18.0. The van der Waals surface area contributed by atoms with Crippen molar-refractivity contribution in [1.82, 2.24) is 15.5 Å². The molecule has 0 unspecified atom stereocenters. The first-order chi connectivity index (χ1) is 11.9. The van der Waals surface area contributed by atoms with Gasteiger partial charge in [-0.25, -0.2) is 4.79 Å². The molecule has 0 bridgehead atoms. The lowest BCUT2D eigenvalue weighted by atomic mass is 9.88. The van der Waals surface area contributed by atoms with E-state index >= 15 is 0 Å². The first-order valence-electron chi connectivity index (χ1n) is 7.68. The topological polar surface area (TPSA) is 131 Å². The number of rotatable bonds is 4. The Bertz CT molecular complexity index is 724. The highest BCUT2D eigenvalue weighted by Crippen LogP contribution is 2.25. The van der Waals surface area contributed by atoms with Crippen LogP contribution in [0.4, 0.5) is 10.5 Å². The molecule has 4 amide bonds. The van der Waals surface area contributed by atoms with E-state index in [2.05, 4.69) is 10.6 Å². The van der Waals surface area contributed by atoms with Crippen LogP contribution in [0.1, 0.15) is 12.8 Å². The number of benzene rings is 1. The number of carbonyl (C=O) groups excluding carboxylic acids is 3. The quantitative estimate of drug-likeness (QED) is 0.453. The van der Waals surface area contributed by atoms with Crippen molar-refractivity contribution in [3.05, 3.63) is 34.4 Å². The van der Waals surface area contributed by atoms with Gasteiger partial charge in [0.2, 0.25) is 0 Å². The predicted octanol–water partition coefficient (Wildman–Crippen LogP) is 0.174. The summed E-state index contributed by atoms with van der Waals surface area (Å²) in [6.07, 6.45) is 0.682. The van der Waals surface area contributed by atoms with Crippen LogP contribution in [-0.4, -0.2) is 52.9 Å². The van der Waals surface area contributed by atoms with E-state index in [0.29, 0.717) is 31.7 Å². The van der Waals surface area contributed by atoms with Crippen LogP contribution in [0.25, 0.3) is 0 Å². The summed E-state index contributed by atoms with van der Waals surface area (Å²) in [5, 5.41) is 15.4. The molecule has 1 aromatic rings. The van der Waals surface area contributed by atoms with Gasteiger partial charge in [-0.05, 0) is 25.0 Å². The molecule has 2 aliphatic heterocycles. The van der Waals surface area contributed by atoms with Gasteiger partial charge in [0.1, 0.15) is 11.3 Å². The number of piperidine rings is 1. The van der Waals surface area contributed by atoms with Crippen LogP contribution in [0.3, 0.4) is 0 Å². The van der Waals surface area contributed by atoms with Gasteiger partial charge in [-0.1, -0.05) is 0 Å². The van der Waals surface area contributed by atoms with Crippen molar-refractivity contribution in [2.24, 2.45) is 0 Å². The van der Waals surface area contributed by atoms with Gasteiger partial charge >= 0.3 is 6.03 Å². The molecule has 0 atom stereocenters. The molecule has 132 valence electrons. The number of urea groups is 1. The van der Waals surface area contributed by atoms with Gasteiger partial charge in [-0.15, -0.1) is 0 Å². The summed E-state index contributed by atoms with van der Waals surface area (Å²) in [7, 11) is 0. The molecule has 2 N–H and O–H groups in total. The van der Waals surface area contributed by atoms with Crippen LogP contribution in [0.15, 0.2) is 24.3 Å². The number of hydrogen-bond acceptors (Lipinski definition) is 6. The SMILES string of the molecule is O=C1NC(=O)C2(CCN(C(=O)COc3ccc([N+](=O)[O-])cc3)CC2)N1. The lowest BCUT2D eigenvalue weighted by Crippen LogP contribution is -2.56. The van der Waals surface area contributed by atoms with Gasteiger partial charge in [-0.2, -0.15) is 0 Å². The molecule has 0 radical (unpaired) electrons. The maximum Gasteiger partial charge on any atom is 0.322 e. The predicted molar refractivity (Wildman–Crippen MR) is 83.8 cm³/mol. The number of non-ortho nitro benzene ring substituents is 1. The van der Waals surface area contributed by atoms with Crippen LogP contribution < -0.4 is 15.4 Å². The molecule has 2 fully saturated rings. The number of ether oxygens (including phenoxy) is 1. The molecular formula is C15H16N4O6. The minimum atomic E-state index is -0.924. The molecule has 1 aromatic carbocycles. The summed E-state index contributed by atoms with van der Waals surface area (Å²) >= 11 is 0. The third-order valence-electron chi connectivity index (χ3n) is 4.39. The summed E-state index contributed by atoms with van der Waals surface area (Å²) < 4.78 is 5.35. The average Bonchev–Trinajstić information content (AvgIpc) is 2.87. The number of carbonyl (C=O) groups is 3. The van der Waals surface area contributed by atoms with E-state index in [1.807, 2.05) is 0 Å². The van der Waals surface area contributed by atoms with Crippen molar-refractivity contribution in [1.29, 1.82) is 0 Å². The Morgan fingerprint density at radius 1 is 1.24 bits per heavy atom. The van der Waals surface area contributed by atoms with Crippen molar-refractivity contribution in [3.8, 4) is 5.75 Å². The molecule has 3 rings (SSSR count). The summed E-state index contributed by atoms with van der Waals surface area (Å²) in [5.74, 6) is -0.250. The number of amides is 4. The Kier molecular flexibility index (Phi) is 4.26. The van der Waals surface area contributed by atoms with Gasteiger partial charge in [0, 0.05) is 25.2 Å². The van der Waals surface area contributed by atoms with E-state index in [4.69, 9.17) is 4.74 Å². The fourth-order valence-corrected chi connectivity index (χ4v) is 2.92. The van der Waals surface area contributed by atoms with Crippen LogP contribution in [0.5, 0.6) is 5.75 Å². The van der Waals surface area contributed by atoms with Crippen molar-refractivity contribution < 1.29 is 24.0 Å². The van der Waals surface area contributed by atoms with E-state index in [1.54, 1.807) is 4.90 Å². The number of nitro benzene ring substituents is 1. The molecule has 1 spiro atoms. The fraction of sp³-hybridized carbons (Fsp3) is 0.400. The van der Waals surface area contributed by atoms with Crippen LogP contribution in [0.2, 0.25) is 0 Å². The minimum absolute atomic E-state index is 0.0584. The number of nitrogens with zero attached hydrogens (tertiary/aromatic N) is 2. The number of hydrogen-bond donors (Lipinski definition) is 2. The first-order valence-corrected chi connectivity index (χ1v) is 7.68. The maximum absolute atomic E-state index is 12.2. The summed E-state index contributed by atoms with van der Waals surface area (Å²) in [6, 6.07) is 4.94. The Morgan fingerprint density at radius 3 is 2.40 bits per heavy atom. The Morgan fingerprint density at radius 2 is 1.88 bits per heavy atom. The second-order valence-corrected chi connectivity index (χ2v) is 5.91. The molecule has 0 aliphatic carbocycles. The summed E-state index contributed by atoms with van der Waals surface area (Å²) in [4.78, 5) is 47.0. The largest absolute Gasteiger partial charge is 0.484 e. The highest BCUT2D eigenvalue weighted by molar-refractivity contribution is 6.07. The van der Waals surface area contributed by atoms with Gasteiger partial charge in [0.25, 0.3) is 17.5 Å². The third kappa shape index (κ3) is 3.37. The fourth-order valence-electron chi connectivity index (χ4n) is 2.92. The van der Waals surface area contributed by atoms with Crippen LogP contribution in [0, 0.1) is 10.1 Å². The molecule has 10 heteroatoms. The van der Waals surface area contributed by atoms with Crippen molar-refractivity contribution >= 4 is 23.5 Å². The number of nitro groups is 1. The Labute approximate surface area is 142 Å². The van der Waals surface area contributed by atoms with E-state index in [-0.39, 0.29) is 24.1 Å². The number of imide groups is 1. The average molecular weight is 348 g/mol. The van der Waals surface area contributed by atoms with E-state index in [9.17, 15) is 24.5 Å². The lowest BCUT2D eigenvalue weighted by Gasteiger charge is -2.36. The van der Waals surface area contributed by atoms with Crippen molar-refractivity contribution in [2.75, 3.05) is 19.7 Å². The van der Waals surface area contributed by atoms with Gasteiger partial charge in [0.05, 0.1) is 4.92 Å². The Hall–Kier alpha value is -3.17. The third-order valence-corrected chi connectivity index (χ3v) is 4.39. The molecule has 0 saturated carbocycles. The van der Waals surface area contributed by atoms with Crippen molar-refractivity contribution in [3.63, 3.8) is 0 Å². The Balaban J connectivity index is 1.50. The zero-order valence-corrected chi connectivity index (χ0v) is 13.2. The highest BCUT2D eigenvalue weighted by atomic mass is 16.6. The van der Waals surface area contributed by atoms with Gasteiger partial charge in [-0.3, -0.25) is 25.0 Å². The van der Waals surface area contributed by atoms with Crippen LogP contribution in [-0.2, 0) is 9.59 Å². The van der Waals surface area contributed by atoms with E-state index in [1.165, 1.54) is 24.3 Å². The molecule has 2 saturated heterocycles.